The van der Waals surface area contributed by atoms with Gasteiger partial charge in [-0.25, -0.2) is 0 Å². The van der Waals surface area contributed by atoms with Crippen LogP contribution in [0.25, 0.3) is 0 Å². The van der Waals surface area contributed by atoms with Crippen LogP contribution >= 0.6 is 0 Å². The van der Waals surface area contributed by atoms with Gasteiger partial charge in [-0.1, -0.05) is 0 Å². The Morgan fingerprint density at radius 2 is 2.22 bits per heavy atom. The zero-order chi connectivity index (χ0) is 7.28. The molecule has 0 rings (SSSR count). The minimum Gasteiger partial charge on any atom is -0.330 e. The van der Waals surface area contributed by atoms with E-state index in [1.54, 1.807) is 0 Å². The van der Waals surface area contributed by atoms with Gasteiger partial charge in [-0.2, -0.15) is 4.39 Å². The molecule has 0 saturated heterocycles. The van der Waals surface area contributed by atoms with Gasteiger partial charge in [-0.3, -0.25) is 4.79 Å². The van der Waals surface area contributed by atoms with Gasteiger partial charge in [0.1, 0.15) is 0 Å². The van der Waals surface area contributed by atoms with Crippen molar-refractivity contribution in [1.29, 1.82) is 0 Å². The highest BCUT2D eigenvalue weighted by Gasteiger charge is 2.09. The average Bonchev–Trinajstić information content (AvgIpc) is 1.82. The first-order chi connectivity index (χ1) is 4.18. The van der Waals surface area contributed by atoms with E-state index in [-0.39, 0.29) is 0 Å². The van der Waals surface area contributed by atoms with Crippen LogP contribution in [0.15, 0.2) is 0 Å². The largest absolute Gasteiger partial charge is 0.330 e. The second kappa shape index (κ2) is 4.40. The molecule has 0 aromatic heterocycles. The number of rotatable bonds is 4. The lowest BCUT2D eigenvalue weighted by Gasteiger charge is -2.01. The van der Waals surface area contributed by atoms with E-state index >= 15 is 0 Å². The number of halogens is 1. The third-order valence-corrected chi connectivity index (χ3v) is 1.01. The monoisotopic (exact) mass is 134 g/mol. The number of nitrogens with two attached hydrogens (primary N) is 2. The summed E-state index contributed by atoms with van der Waals surface area (Å²) < 4.78 is 11.6. The number of hydrogen-bond donors (Lipinski definition) is 2. The summed E-state index contributed by atoms with van der Waals surface area (Å²) in [6.45, 7) is 0.445. The lowest BCUT2D eigenvalue weighted by Crippen LogP contribution is -2.27. The van der Waals surface area contributed by atoms with Crippen molar-refractivity contribution in [2.75, 3.05) is 6.54 Å². The second-order valence-electron chi connectivity index (χ2n) is 1.84. The maximum Gasteiger partial charge on any atom is 0.318 e. The summed E-state index contributed by atoms with van der Waals surface area (Å²) in [4.78, 5) is 9.82. The van der Waals surface area contributed by atoms with Gasteiger partial charge in [0.2, 0.25) is 0 Å². The van der Waals surface area contributed by atoms with Crippen molar-refractivity contribution < 1.29 is 9.18 Å². The molecule has 1 atom stereocenters. The Morgan fingerprint density at radius 1 is 1.67 bits per heavy atom. The molecule has 4 N–H and O–H groups in total. The predicted octanol–water partition coefficient (Wildman–Crippen LogP) is -0.451. The van der Waals surface area contributed by atoms with E-state index < -0.39 is 12.1 Å². The molecule has 0 aliphatic rings. The van der Waals surface area contributed by atoms with E-state index in [9.17, 15) is 9.18 Å². The summed E-state index contributed by atoms with van der Waals surface area (Å²) in [6, 6.07) is -2.42. The Bertz CT molecular complexity index is 97.0. The first kappa shape index (κ1) is 8.52. The van der Waals surface area contributed by atoms with Crippen molar-refractivity contribution >= 4 is 6.04 Å². The number of carbonyl (C=O) groups is 1. The topological polar surface area (TPSA) is 69.1 Å². The van der Waals surface area contributed by atoms with Crippen LogP contribution < -0.4 is 11.5 Å². The standard InChI is InChI=1S/C5H11FN2O/c6-5(9)4(8)2-1-3-7/h4H,1-3,7-8H2. The zero-order valence-electron chi connectivity index (χ0n) is 5.14. The quantitative estimate of drug-likeness (QED) is 0.511. The molecule has 0 aliphatic carbocycles. The van der Waals surface area contributed by atoms with Crippen molar-refractivity contribution in [2.24, 2.45) is 11.5 Å². The minimum absolute atomic E-state index is 0.339. The molecular weight excluding hydrogens is 123 g/mol. The summed E-state index contributed by atoms with van der Waals surface area (Å²) in [7, 11) is 0. The SMILES string of the molecule is NCCCC(N)C(=O)F. The van der Waals surface area contributed by atoms with Crippen LogP contribution in [0.4, 0.5) is 4.39 Å². The molecule has 9 heavy (non-hydrogen) atoms. The van der Waals surface area contributed by atoms with E-state index in [0.717, 1.165) is 0 Å². The Labute approximate surface area is 53.2 Å². The molecule has 0 heterocycles. The zero-order valence-corrected chi connectivity index (χ0v) is 5.14. The maximum atomic E-state index is 11.6. The molecule has 0 aromatic rings. The summed E-state index contributed by atoms with van der Waals surface area (Å²) >= 11 is 0. The third-order valence-electron chi connectivity index (χ3n) is 1.01. The van der Waals surface area contributed by atoms with Gasteiger partial charge in [0.15, 0.2) is 0 Å². The Balaban J connectivity index is 3.27. The van der Waals surface area contributed by atoms with Crippen molar-refractivity contribution in [3.63, 3.8) is 0 Å². The molecule has 54 valence electrons. The summed E-state index contributed by atoms with van der Waals surface area (Å²) in [5.41, 5.74) is 10.1. The summed E-state index contributed by atoms with van der Waals surface area (Å²) in [6.07, 6.45) is 0.933. The van der Waals surface area contributed by atoms with Crippen molar-refractivity contribution in [1.82, 2.24) is 0 Å². The predicted molar refractivity (Wildman–Crippen MR) is 32.4 cm³/mol. The molecule has 3 nitrogen and oxygen atoms in total. The minimum atomic E-state index is -1.46. The van der Waals surface area contributed by atoms with Gasteiger partial charge < -0.3 is 11.5 Å². The highest BCUT2D eigenvalue weighted by Crippen LogP contribution is 1.93. The molecule has 4 heteroatoms. The van der Waals surface area contributed by atoms with E-state index in [1.807, 2.05) is 0 Å². The molecule has 0 aliphatic heterocycles. The molecule has 0 saturated carbocycles. The fourth-order valence-corrected chi connectivity index (χ4v) is 0.451. The van der Waals surface area contributed by atoms with Gasteiger partial charge in [-0.05, 0) is 19.4 Å². The number of hydrogen-bond acceptors (Lipinski definition) is 3. The molecule has 0 spiro atoms. The highest BCUT2D eigenvalue weighted by atomic mass is 19.1. The average molecular weight is 134 g/mol. The van der Waals surface area contributed by atoms with Crippen LogP contribution in [-0.2, 0) is 4.79 Å². The Kier molecular flexibility index (Phi) is 4.17. The van der Waals surface area contributed by atoms with Gasteiger partial charge >= 0.3 is 6.04 Å². The van der Waals surface area contributed by atoms with Crippen LogP contribution in [0.1, 0.15) is 12.8 Å². The Morgan fingerprint density at radius 3 is 2.56 bits per heavy atom. The molecule has 0 amide bonds. The van der Waals surface area contributed by atoms with Gasteiger partial charge in [-0.15, -0.1) is 0 Å². The fourth-order valence-electron chi connectivity index (χ4n) is 0.451. The third kappa shape index (κ3) is 4.05. The summed E-state index contributed by atoms with van der Waals surface area (Å²) in [5, 5.41) is 0. The van der Waals surface area contributed by atoms with Gasteiger partial charge in [0.05, 0.1) is 6.04 Å². The van der Waals surface area contributed by atoms with E-state index in [2.05, 4.69) is 0 Å². The van der Waals surface area contributed by atoms with Crippen LogP contribution in [0.3, 0.4) is 0 Å². The normalized spacial score (nSPS) is 13.2. The maximum absolute atomic E-state index is 11.6. The van der Waals surface area contributed by atoms with Crippen LogP contribution in [0.5, 0.6) is 0 Å². The molecule has 1 unspecified atom stereocenters. The van der Waals surface area contributed by atoms with Crippen molar-refractivity contribution in [3.05, 3.63) is 0 Å². The Hall–Kier alpha value is -0.480. The van der Waals surface area contributed by atoms with Crippen molar-refractivity contribution in [3.8, 4) is 0 Å². The van der Waals surface area contributed by atoms with Gasteiger partial charge in [0, 0.05) is 0 Å². The first-order valence-electron chi connectivity index (χ1n) is 2.83. The molecule has 0 radical (unpaired) electrons. The van der Waals surface area contributed by atoms with Gasteiger partial charge in [0.25, 0.3) is 0 Å². The number of carbonyl (C=O) groups excluding carboxylic acids is 1. The van der Waals surface area contributed by atoms with Crippen LogP contribution in [0.2, 0.25) is 0 Å². The van der Waals surface area contributed by atoms with E-state index in [0.29, 0.717) is 19.4 Å². The summed E-state index contributed by atoms with van der Waals surface area (Å²) in [5.74, 6) is 0. The van der Waals surface area contributed by atoms with Crippen LogP contribution in [-0.4, -0.2) is 18.6 Å². The van der Waals surface area contributed by atoms with E-state index in [4.69, 9.17) is 11.5 Å². The highest BCUT2D eigenvalue weighted by molar-refractivity contribution is 5.73. The molecule has 0 bridgehead atoms. The van der Waals surface area contributed by atoms with Crippen LogP contribution in [0, 0.1) is 0 Å². The lowest BCUT2D eigenvalue weighted by atomic mass is 10.2. The molecular formula is C5H11FN2O. The smallest absolute Gasteiger partial charge is 0.318 e. The fraction of sp³-hybridized carbons (Fsp3) is 0.800. The van der Waals surface area contributed by atoms with Crippen molar-refractivity contribution in [2.45, 2.75) is 18.9 Å². The first-order valence-corrected chi connectivity index (χ1v) is 2.83. The molecule has 0 fully saturated rings. The second-order valence-corrected chi connectivity index (χ2v) is 1.84. The molecule has 0 aromatic carbocycles. The van der Waals surface area contributed by atoms with E-state index in [1.165, 1.54) is 0 Å². The lowest BCUT2D eigenvalue weighted by molar-refractivity contribution is -0.130.